The second-order valence-electron chi connectivity index (χ2n) is 17.3. The zero-order valence-electron chi connectivity index (χ0n) is 33.5. The molecule has 59 heavy (non-hydrogen) atoms. The van der Waals surface area contributed by atoms with Gasteiger partial charge in [0.1, 0.15) is 11.2 Å². The summed E-state index contributed by atoms with van der Waals surface area (Å²) >= 11 is 1.93. The van der Waals surface area contributed by atoms with Crippen LogP contribution < -0.4 is 4.90 Å². The van der Waals surface area contributed by atoms with Gasteiger partial charge < -0.3 is 9.32 Å². The highest BCUT2D eigenvalue weighted by Crippen LogP contribution is 2.56. The Kier molecular flexibility index (Phi) is 7.23. The maximum Gasteiger partial charge on any atom is 0.135 e. The molecule has 2 aliphatic carbocycles. The van der Waals surface area contributed by atoms with E-state index in [1.54, 1.807) is 0 Å². The molecule has 8 aromatic carbocycles. The number of benzene rings is 8. The van der Waals surface area contributed by atoms with E-state index < -0.39 is 0 Å². The van der Waals surface area contributed by atoms with Gasteiger partial charge in [-0.1, -0.05) is 137 Å². The largest absolute Gasteiger partial charge is 0.456 e. The van der Waals surface area contributed by atoms with Gasteiger partial charge in [0.05, 0.1) is 0 Å². The number of hydrogen-bond donors (Lipinski definition) is 0. The standard InChI is InChI=1S/C56H41NOS/c1-55(2)47-14-8-5-11-41(47)42-29-27-40(33-49(42)55)57(38-23-17-34(18-24-38)36-22-30-51-46(31-36)43-12-6-9-15-50(43)58-51)39-25-19-35(20-26-39)37-21-28-44-48(32-37)56(3,4)53-45-13-7-10-16-52(45)59-54(44)53/h5-33H,1-4H3. The van der Waals surface area contributed by atoms with E-state index in [4.69, 9.17) is 4.42 Å². The Morgan fingerprint density at radius 3 is 1.75 bits per heavy atom. The quantitative estimate of drug-likeness (QED) is 0.173. The Labute approximate surface area is 348 Å². The number of hydrogen-bond acceptors (Lipinski definition) is 3. The number of nitrogens with zero attached hydrogens (tertiary/aromatic N) is 1. The third-order valence-electron chi connectivity index (χ3n) is 13.3. The average Bonchev–Trinajstić information content (AvgIpc) is 3.97. The first kappa shape index (κ1) is 34.4. The van der Waals surface area contributed by atoms with Gasteiger partial charge >= 0.3 is 0 Å². The molecule has 282 valence electrons. The minimum absolute atomic E-state index is 0.0672. The average molecular weight is 776 g/mol. The van der Waals surface area contributed by atoms with Crippen LogP contribution >= 0.6 is 11.3 Å². The first-order valence-electron chi connectivity index (χ1n) is 20.6. The van der Waals surface area contributed by atoms with E-state index in [1.165, 1.54) is 76.2 Å². The number of furan rings is 1. The van der Waals surface area contributed by atoms with Crippen molar-refractivity contribution in [3.8, 4) is 43.8 Å². The number of thiophene rings is 1. The molecule has 10 aromatic rings. The van der Waals surface area contributed by atoms with Crippen molar-refractivity contribution in [3.63, 3.8) is 0 Å². The highest BCUT2D eigenvalue weighted by atomic mass is 32.1. The summed E-state index contributed by atoms with van der Waals surface area (Å²) < 4.78 is 7.51. The second kappa shape index (κ2) is 12.4. The van der Waals surface area contributed by atoms with E-state index in [0.29, 0.717) is 0 Å². The molecular formula is C56H41NOS. The zero-order valence-corrected chi connectivity index (χ0v) is 34.3. The lowest BCUT2D eigenvalue weighted by Gasteiger charge is -2.28. The lowest BCUT2D eigenvalue weighted by Crippen LogP contribution is -2.16. The molecule has 0 radical (unpaired) electrons. The highest BCUT2D eigenvalue weighted by Gasteiger charge is 2.39. The SMILES string of the molecule is CC1(C)c2ccccc2-c2ccc(N(c3ccc(-c4ccc5c(c4)C(C)(C)c4c-5sc5ccccc45)cc3)c3ccc(-c4ccc5oc6ccccc6c5c4)cc3)cc21. The molecule has 12 rings (SSSR count). The Morgan fingerprint density at radius 1 is 0.407 bits per heavy atom. The summed E-state index contributed by atoms with van der Waals surface area (Å²) in [5.41, 5.74) is 19.5. The van der Waals surface area contributed by atoms with Crippen LogP contribution in [0.1, 0.15) is 49.9 Å². The van der Waals surface area contributed by atoms with Crippen molar-refractivity contribution in [2.75, 3.05) is 4.90 Å². The van der Waals surface area contributed by atoms with Gasteiger partial charge in [0.2, 0.25) is 0 Å². The van der Waals surface area contributed by atoms with Crippen LogP contribution in [0.3, 0.4) is 0 Å². The smallest absolute Gasteiger partial charge is 0.135 e. The van der Waals surface area contributed by atoms with Crippen molar-refractivity contribution in [1.82, 2.24) is 0 Å². The van der Waals surface area contributed by atoms with Gasteiger partial charge in [-0.2, -0.15) is 0 Å². The van der Waals surface area contributed by atoms with Crippen molar-refractivity contribution in [2.45, 2.75) is 38.5 Å². The number of anilines is 3. The molecule has 0 bridgehead atoms. The fourth-order valence-electron chi connectivity index (χ4n) is 10.2. The monoisotopic (exact) mass is 775 g/mol. The zero-order chi connectivity index (χ0) is 39.6. The Morgan fingerprint density at radius 2 is 0.966 bits per heavy atom. The molecule has 0 saturated heterocycles. The summed E-state index contributed by atoms with van der Waals surface area (Å²) in [5.74, 6) is 0. The molecule has 0 spiro atoms. The number of rotatable bonds is 5. The van der Waals surface area contributed by atoms with Gasteiger partial charge in [0.25, 0.3) is 0 Å². The second-order valence-corrected chi connectivity index (χ2v) is 18.4. The van der Waals surface area contributed by atoms with Crippen molar-refractivity contribution in [2.24, 2.45) is 0 Å². The fourth-order valence-corrected chi connectivity index (χ4v) is 11.6. The highest BCUT2D eigenvalue weighted by molar-refractivity contribution is 7.22. The molecule has 2 heterocycles. The molecule has 0 unspecified atom stereocenters. The van der Waals surface area contributed by atoms with E-state index in [0.717, 1.165) is 39.0 Å². The summed E-state index contributed by atoms with van der Waals surface area (Å²) in [6, 6.07) is 64.9. The van der Waals surface area contributed by atoms with Gasteiger partial charge in [0, 0.05) is 48.2 Å². The molecule has 0 N–H and O–H groups in total. The van der Waals surface area contributed by atoms with Gasteiger partial charge in [-0.15, -0.1) is 11.3 Å². The summed E-state index contributed by atoms with van der Waals surface area (Å²) in [5, 5.41) is 3.67. The van der Waals surface area contributed by atoms with Gasteiger partial charge in [-0.3, -0.25) is 0 Å². The van der Waals surface area contributed by atoms with Gasteiger partial charge in [-0.05, 0) is 133 Å². The van der Waals surface area contributed by atoms with Gasteiger partial charge in [0.15, 0.2) is 0 Å². The summed E-state index contributed by atoms with van der Waals surface area (Å²) in [4.78, 5) is 3.83. The maximum absolute atomic E-state index is 6.14. The summed E-state index contributed by atoms with van der Waals surface area (Å²) in [6.45, 7) is 9.49. The molecule has 0 aliphatic heterocycles. The lowest BCUT2D eigenvalue weighted by molar-refractivity contribution is 0.660. The predicted octanol–water partition coefficient (Wildman–Crippen LogP) is 16.2. The van der Waals surface area contributed by atoms with Crippen LogP contribution in [-0.4, -0.2) is 0 Å². The van der Waals surface area contributed by atoms with Crippen LogP contribution in [0, 0.1) is 0 Å². The molecule has 0 atom stereocenters. The van der Waals surface area contributed by atoms with Crippen molar-refractivity contribution in [1.29, 1.82) is 0 Å². The lowest BCUT2D eigenvalue weighted by atomic mass is 9.80. The first-order valence-corrected chi connectivity index (χ1v) is 21.4. The molecular weight excluding hydrogens is 735 g/mol. The van der Waals surface area contributed by atoms with E-state index in [2.05, 4.69) is 196 Å². The number of para-hydroxylation sites is 1. The maximum atomic E-state index is 6.14. The van der Waals surface area contributed by atoms with Crippen LogP contribution in [0.5, 0.6) is 0 Å². The first-order chi connectivity index (χ1) is 28.7. The van der Waals surface area contributed by atoms with E-state index in [9.17, 15) is 0 Å². The van der Waals surface area contributed by atoms with Crippen LogP contribution in [0.25, 0.3) is 75.8 Å². The predicted molar refractivity (Wildman–Crippen MR) is 250 cm³/mol. The normalized spacial score (nSPS) is 14.4. The number of fused-ring (bicyclic) bond motifs is 11. The molecule has 2 nitrogen and oxygen atoms in total. The Bertz CT molecular complexity index is 3320. The van der Waals surface area contributed by atoms with Crippen LogP contribution in [-0.2, 0) is 10.8 Å². The molecule has 0 amide bonds. The van der Waals surface area contributed by atoms with Crippen molar-refractivity contribution in [3.05, 3.63) is 198 Å². The minimum Gasteiger partial charge on any atom is -0.456 e. The summed E-state index contributed by atoms with van der Waals surface area (Å²) in [6.07, 6.45) is 0. The molecule has 0 fully saturated rings. The third kappa shape index (κ3) is 5.04. The van der Waals surface area contributed by atoms with Crippen molar-refractivity contribution >= 4 is 60.4 Å². The van der Waals surface area contributed by atoms with Gasteiger partial charge in [-0.25, -0.2) is 0 Å². The topological polar surface area (TPSA) is 16.4 Å². The van der Waals surface area contributed by atoms with Crippen LogP contribution in [0.4, 0.5) is 17.1 Å². The van der Waals surface area contributed by atoms with Crippen LogP contribution in [0.2, 0.25) is 0 Å². The van der Waals surface area contributed by atoms with E-state index >= 15 is 0 Å². The Hall–Kier alpha value is -6.68. The molecule has 0 saturated carbocycles. The molecule has 2 aromatic heterocycles. The summed E-state index contributed by atoms with van der Waals surface area (Å²) in [7, 11) is 0. The minimum atomic E-state index is -0.103. The fraction of sp³-hybridized carbons (Fsp3) is 0.107. The third-order valence-corrected chi connectivity index (χ3v) is 14.5. The van der Waals surface area contributed by atoms with Crippen molar-refractivity contribution < 1.29 is 4.42 Å². The van der Waals surface area contributed by atoms with E-state index in [-0.39, 0.29) is 10.8 Å². The molecule has 3 heteroatoms. The van der Waals surface area contributed by atoms with E-state index in [1.807, 2.05) is 23.5 Å². The Balaban J connectivity index is 0.938. The molecule has 2 aliphatic rings. The van der Waals surface area contributed by atoms with Crippen LogP contribution in [0.15, 0.2) is 180 Å².